The minimum Gasteiger partial charge on any atom is -0.496 e. The maximum Gasteiger partial charge on any atom is 0.258 e. The number of halogens is 2. The van der Waals surface area contributed by atoms with Gasteiger partial charge in [-0.2, -0.15) is 0 Å². The zero-order chi connectivity index (χ0) is 13.4. The van der Waals surface area contributed by atoms with E-state index in [4.69, 9.17) is 4.74 Å². The molecule has 0 heterocycles. The Balaban J connectivity index is 0.00000324. The molecule has 4 nitrogen and oxygen atoms in total. The lowest BCUT2D eigenvalue weighted by molar-refractivity contribution is 0.0946. The lowest BCUT2D eigenvalue weighted by atomic mass is 10.1. The minimum absolute atomic E-state index is 0. The highest BCUT2D eigenvalue weighted by Gasteiger charge is 2.16. The van der Waals surface area contributed by atoms with Gasteiger partial charge < -0.3 is 15.4 Å². The van der Waals surface area contributed by atoms with E-state index in [1.165, 1.54) is 19.2 Å². The van der Waals surface area contributed by atoms with E-state index < -0.39 is 11.7 Å². The summed E-state index contributed by atoms with van der Waals surface area (Å²) in [5.74, 6) is -0.786. The van der Waals surface area contributed by atoms with Gasteiger partial charge in [0.1, 0.15) is 17.1 Å². The van der Waals surface area contributed by atoms with Crippen LogP contribution in [0.2, 0.25) is 0 Å². The number of carbonyl (C=O) groups excluding carboxylic acids is 1. The Hall–Kier alpha value is -1.33. The lowest BCUT2D eigenvalue weighted by Gasteiger charge is -2.10. The quantitative estimate of drug-likeness (QED) is 0.755. The highest BCUT2D eigenvalue weighted by Crippen LogP contribution is 2.20. The van der Waals surface area contributed by atoms with Crippen LogP contribution in [0, 0.1) is 5.82 Å². The molecular weight excluding hydrogens is 271 g/mol. The molecule has 0 saturated carbocycles. The molecule has 1 amide bonds. The van der Waals surface area contributed by atoms with E-state index in [2.05, 4.69) is 17.6 Å². The fraction of sp³-hybridized carbons (Fsp3) is 0.462. The molecule has 0 fully saturated rings. The fourth-order valence-electron chi connectivity index (χ4n) is 1.55. The van der Waals surface area contributed by atoms with Crippen LogP contribution in [0.1, 0.15) is 23.7 Å². The molecule has 1 aromatic rings. The number of methoxy groups -OCH3 is 1. The molecule has 2 N–H and O–H groups in total. The molecule has 0 spiro atoms. The second-order valence-electron chi connectivity index (χ2n) is 3.82. The van der Waals surface area contributed by atoms with Crippen LogP contribution >= 0.6 is 12.4 Å². The van der Waals surface area contributed by atoms with E-state index in [1.807, 2.05) is 0 Å². The topological polar surface area (TPSA) is 50.4 Å². The van der Waals surface area contributed by atoms with E-state index in [0.29, 0.717) is 13.1 Å². The van der Waals surface area contributed by atoms with Crippen molar-refractivity contribution >= 4 is 18.3 Å². The molecule has 108 valence electrons. The molecule has 0 aromatic heterocycles. The molecule has 0 unspecified atom stereocenters. The van der Waals surface area contributed by atoms with E-state index >= 15 is 0 Å². The summed E-state index contributed by atoms with van der Waals surface area (Å²) in [5, 5.41) is 5.80. The van der Waals surface area contributed by atoms with Crippen LogP contribution in [-0.4, -0.2) is 32.7 Å². The summed E-state index contributed by atoms with van der Waals surface area (Å²) in [6.45, 7) is 4.08. The third-order valence-corrected chi connectivity index (χ3v) is 2.44. The molecule has 19 heavy (non-hydrogen) atoms. The molecule has 6 heteroatoms. The van der Waals surface area contributed by atoms with E-state index in [1.54, 1.807) is 6.07 Å². The monoisotopic (exact) mass is 290 g/mol. The highest BCUT2D eigenvalue weighted by molar-refractivity contribution is 5.97. The van der Waals surface area contributed by atoms with Crippen molar-refractivity contribution in [1.29, 1.82) is 0 Å². The van der Waals surface area contributed by atoms with Gasteiger partial charge in [-0.05, 0) is 25.1 Å². The lowest BCUT2D eigenvalue weighted by Crippen LogP contribution is -2.32. The van der Waals surface area contributed by atoms with Crippen molar-refractivity contribution in [2.24, 2.45) is 0 Å². The van der Waals surface area contributed by atoms with Crippen LogP contribution in [0.15, 0.2) is 18.2 Å². The van der Waals surface area contributed by atoms with Crippen LogP contribution in [0.3, 0.4) is 0 Å². The summed E-state index contributed by atoms with van der Waals surface area (Å²) < 4.78 is 18.5. The number of benzene rings is 1. The summed E-state index contributed by atoms with van der Waals surface area (Å²) in [4.78, 5) is 11.8. The maximum atomic E-state index is 13.6. The Morgan fingerprint density at radius 1 is 1.32 bits per heavy atom. The van der Waals surface area contributed by atoms with Gasteiger partial charge in [0.15, 0.2) is 0 Å². The molecule has 0 bridgehead atoms. The Morgan fingerprint density at radius 3 is 2.68 bits per heavy atom. The van der Waals surface area contributed by atoms with Crippen molar-refractivity contribution in [3.8, 4) is 5.75 Å². The van der Waals surface area contributed by atoms with Gasteiger partial charge >= 0.3 is 0 Å². The number of hydrogen-bond donors (Lipinski definition) is 2. The summed E-state index contributed by atoms with van der Waals surface area (Å²) >= 11 is 0. The number of rotatable bonds is 7. The largest absolute Gasteiger partial charge is 0.496 e. The van der Waals surface area contributed by atoms with Gasteiger partial charge in [0.2, 0.25) is 0 Å². The van der Waals surface area contributed by atoms with Gasteiger partial charge in [0.25, 0.3) is 5.91 Å². The first kappa shape index (κ1) is 17.7. The third kappa shape index (κ3) is 5.44. The average Bonchev–Trinajstić information content (AvgIpc) is 2.37. The Morgan fingerprint density at radius 2 is 2.05 bits per heavy atom. The molecule has 1 rings (SSSR count). The average molecular weight is 291 g/mol. The number of hydrogen-bond acceptors (Lipinski definition) is 3. The number of carbonyl (C=O) groups is 1. The van der Waals surface area contributed by atoms with Crippen molar-refractivity contribution in [2.45, 2.75) is 13.3 Å². The van der Waals surface area contributed by atoms with Gasteiger partial charge in [-0.1, -0.05) is 13.0 Å². The first-order chi connectivity index (χ1) is 8.70. The molecule has 0 radical (unpaired) electrons. The normalized spacial score (nSPS) is 9.63. The van der Waals surface area contributed by atoms with Gasteiger partial charge in [-0.25, -0.2) is 4.39 Å². The van der Waals surface area contributed by atoms with Crippen molar-refractivity contribution < 1.29 is 13.9 Å². The third-order valence-electron chi connectivity index (χ3n) is 2.44. The van der Waals surface area contributed by atoms with Crippen LogP contribution in [-0.2, 0) is 0 Å². The first-order valence-corrected chi connectivity index (χ1v) is 6.02. The molecule has 0 atom stereocenters. The van der Waals surface area contributed by atoms with Crippen LogP contribution < -0.4 is 15.4 Å². The van der Waals surface area contributed by atoms with Gasteiger partial charge in [0, 0.05) is 13.1 Å². The summed E-state index contributed by atoms with van der Waals surface area (Å²) in [5.41, 5.74) is -0.0458. The van der Waals surface area contributed by atoms with E-state index in [-0.39, 0.29) is 23.7 Å². The zero-order valence-electron chi connectivity index (χ0n) is 11.2. The number of nitrogens with one attached hydrogen (secondary N) is 2. The van der Waals surface area contributed by atoms with Crippen molar-refractivity contribution in [3.63, 3.8) is 0 Å². The van der Waals surface area contributed by atoms with E-state index in [0.717, 1.165) is 13.0 Å². The second-order valence-corrected chi connectivity index (χ2v) is 3.82. The summed E-state index contributed by atoms with van der Waals surface area (Å²) in [6.07, 6.45) is 1.04. The van der Waals surface area contributed by atoms with Crippen molar-refractivity contribution in [1.82, 2.24) is 10.6 Å². The predicted octanol–water partition coefficient (Wildman–Crippen LogP) is 1.99. The maximum absolute atomic E-state index is 13.6. The zero-order valence-corrected chi connectivity index (χ0v) is 12.0. The summed E-state index contributed by atoms with van der Waals surface area (Å²) in [6, 6.07) is 4.31. The SMILES string of the molecule is CCCNCCNC(=O)c1c(F)cccc1OC.Cl. The van der Waals surface area contributed by atoms with Crippen LogP contribution in [0.4, 0.5) is 4.39 Å². The fourth-order valence-corrected chi connectivity index (χ4v) is 1.55. The number of ether oxygens (including phenoxy) is 1. The standard InChI is InChI=1S/C13H19FN2O2.ClH/c1-3-7-15-8-9-16-13(17)12-10(14)5-4-6-11(12)18-2;/h4-6,15H,3,7-9H2,1-2H3,(H,16,17);1H. The molecule has 0 aliphatic heterocycles. The highest BCUT2D eigenvalue weighted by atomic mass is 35.5. The number of amides is 1. The molecule has 1 aromatic carbocycles. The van der Waals surface area contributed by atoms with Crippen molar-refractivity contribution in [2.75, 3.05) is 26.7 Å². The first-order valence-electron chi connectivity index (χ1n) is 6.02. The molecule has 0 aliphatic rings. The summed E-state index contributed by atoms with van der Waals surface area (Å²) in [7, 11) is 1.41. The molecular formula is C13H20ClFN2O2. The van der Waals surface area contributed by atoms with Crippen molar-refractivity contribution in [3.05, 3.63) is 29.6 Å². The Kier molecular flexibility index (Phi) is 8.91. The second kappa shape index (κ2) is 9.58. The Bertz CT molecular complexity index is 402. The van der Waals surface area contributed by atoms with Gasteiger partial charge in [-0.15, -0.1) is 12.4 Å². The van der Waals surface area contributed by atoms with Gasteiger partial charge in [-0.3, -0.25) is 4.79 Å². The van der Waals surface area contributed by atoms with Crippen LogP contribution in [0.25, 0.3) is 0 Å². The van der Waals surface area contributed by atoms with Gasteiger partial charge in [0.05, 0.1) is 7.11 Å². The molecule has 0 aliphatic carbocycles. The van der Waals surface area contributed by atoms with Crippen LogP contribution in [0.5, 0.6) is 5.75 Å². The minimum atomic E-state index is -0.576. The predicted molar refractivity (Wildman–Crippen MR) is 75.7 cm³/mol. The Labute approximate surface area is 119 Å². The smallest absolute Gasteiger partial charge is 0.258 e. The van der Waals surface area contributed by atoms with E-state index in [9.17, 15) is 9.18 Å². The molecule has 0 saturated heterocycles.